The molecule has 23 heavy (non-hydrogen) atoms. The van der Waals surface area contributed by atoms with Gasteiger partial charge in [0.2, 0.25) is 0 Å². The topological polar surface area (TPSA) is 27.7 Å². The molecular formula is C18H20F2O3. The summed E-state index contributed by atoms with van der Waals surface area (Å²) in [6.45, 7) is 5.06. The van der Waals surface area contributed by atoms with E-state index in [2.05, 4.69) is 0 Å². The Morgan fingerprint density at radius 2 is 1.57 bits per heavy atom. The third-order valence-corrected chi connectivity index (χ3v) is 3.18. The molecule has 0 aliphatic heterocycles. The van der Waals surface area contributed by atoms with E-state index in [0.29, 0.717) is 13.2 Å². The van der Waals surface area contributed by atoms with Crippen LogP contribution in [0.25, 0.3) is 0 Å². The van der Waals surface area contributed by atoms with E-state index >= 15 is 0 Å². The summed E-state index contributed by atoms with van der Waals surface area (Å²) in [6.07, 6.45) is -0.402. The second-order valence-electron chi connectivity index (χ2n) is 4.85. The van der Waals surface area contributed by atoms with E-state index < -0.39 is 17.9 Å². The molecule has 0 aliphatic carbocycles. The molecule has 0 saturated carbocycles. The van der Waals surface area contributed by atoms with Crippen LogP contribution >= 0.6 is 0 Å². The van der Waals surface area contributed by atoms with Crippen LogP contribution in [0.3, 0.4) is 0 Å². The highest BCUT2D eigenvalue weighted by Crippen LogP contribution is 2.22. The molecule has 0 radical (unpaired) electrons. The van der Waals surface area contributed by atoms with Crippen LogP contribution in [0.2, 0.25) is 0 Å². The lowest BCUT2D eigenvalue weighted by Crippen LogP contribution is -2.09. The quantitative estimate of drug-likeness (QED) is 0.664. The Hall–Kier alpha value is -1.98. The summed E-state index contributed by atoms with van der Waals surface area (Å²) < 4.78 is 42.9. The highest BCUT2D eigenvalue weighted by molar-refractivity contribution is 5.27. The average molecular weight is 322 g/mol. The Morgan fingerprint density at radius 3 is 2.17 bits per heavy atom. The summed E-state index contributed by atoms with van der Waals surface area (Å²) in [4.78, 5) is 0. The van der Waals surface area contributed by atoms with Gasteiger partial charge >= 0.3 is 0 Å². The van der Waals surface area contributed by atoms with Crippen LogP contribution < -0.4 is 4.74 Å². The Labute approximate surface area is 134 Å². The van der Waals surface area contributed by atoms with Gasteiger partial charge in [0.15, 0.2) is 17.9 Å². The second-order valence-corrected chi connectivity index (χ2v) is 4.85. The molecule has 0 unspecified atom stereocenters. The first kappa shape index (κ1) is 17.4. The largest absolute Gasteiger partial charge is 0.486 e. The molecule has 0 amide bonds. The van der Waals surface area contributed by atoms with Gasteiger partial charge in [0, 0.05) is 24.8 Å². The third kappa shape index (κ3) is 5.01. The van der Waals surface area contributed by atoms with Crippen LogP contribution in [0.5, 0.6) is 5.75 Å². The Kier molecular flexibility index (Phi) is 6.50. The number of halogens is 2. The van der Waals surface area contributed by atoms with Crippen LogP contribution in [-0.4, -0.2) is 13.2 Å². The van der Waals surface area contributed by atoms with Gasteiger partial charge in [0.05, 0.1) is 0 Å². The van der Waals surface area contributed by atoms with E-state index in [1.807, 2.05) is 38.1 Å². The molecule has 2 aromatic rings. The molecule has 0 N–H and O–H groups in total. The molecule has 0 saturated heterocycles. The highest BCUT2D eigenvalue weighted by Gasteiger charge is 2.11. The maximum Gasteiger partial charge on any atom is 0.183 e. The predicted octanol–water partition coefficient (Wildman–Crippen LogP) is 4.62. The molecule has 0 fully saturated rings. The second kappa shape index (κ2) is 8.60. The summed E-state index contributed by atoms with van der Waals surface area (Å²) in [5, 5.41) is 0. The molecule has 0 spiro atoms. The summed E-state index contributed by atoms with van der Waals surface area (Å²) in [6, 6.07) is 10.6. The van der Waals surface area contributed by atoms with Crippen molar-refractivity contribution in [3.8, 4) is 5.75 Å². The summed E-state index contributed by atoms with van der Waals surface area (Å²) >= 11 is 0. The highest BCUT2D eigenvalue weighted by atomic mass is 19.1. The fourth-order valence-corrected chi connectivity index (χ4v) is 2.06. The van der Waals surface area contributed by atoms with Crippen LogP contribution in [0, 0.1) is 11.6 Å². The van der Waals surface area contributed by atoms with Crippen LogP contribution in [0.4, 0.5) is 8.78 Å². The van der Waals surface area contributed by atoms with Crippen molar-refractivity contribution in [1.29, 1.82) is 0 Å². The normalized spacial score (nSPS) is 11.0. The van der Waals surface area contributed by atoms with Gasteiger partial charge in [-0.25, -0.2) is 8.78 Å². The molecule has 2 aromatic carbocycles. The molecule has 2 rings (SSSR count). The smallest absolute Gasteiger partial charge is 0.183 e. The van der Waals surface area contributed by atoms with E-state index in [-0.39, 0.29) is 12.4 Å². The van der Waals surface area contributed by atoms with Crippen LogP contribution in [0.1, 0.15) is 31.3 Å². The first-order valence-electron chi connectivity index (χ1n) is 7.54. The van der Waals surface area contributed by atoms with Gasteiger partial charge in [-0.05, 0) is 31.5 Å². The van der Waals surface area contributed by atoms with Crippen molar-refractivity contribution in [2.24, 2.45) is 0 Å². The Balaban J connectivity index is 2.00. The van der Waals surface area contributed by atoms with Crippen LogP contribution in [0.15, 0.2) is 42.5 Å². The Bertz CT molecular complexity index is 608. The monoisotopic (exact) mass is 322 g/mol. The molecule has 124 valence electrons. The van der Waals surface area contributed by atoms with E-state index in [1.165, 1.54) is 0 Å². The van der Waals surface area contributed by atoms with Crippen molar-refractivity contribution in [3.05, 3.63) is 65.2 Å². The molecule has 0 bridgehead atoms. The van der Waals surface area contributed by atoms with Crippen molar-refractivity contribution in [2.45, 2.75) is 26.7 Å². The molecule has 0 heterocycles. The minimum Gasteiger partial charge on any atom is -0.486 e. The zero-order valence-electron chi connectivity index (χ0n) is 13.2. The predicted molar refractivity (Wildman–Crippen MR) is 83.1 cm³/mol. The SMILES string of the molecule is CCOC(OCC)c1ccc(COc2cc(F)ccc2F)cc1. The number of hydrogen-bond donors (Lipinski definition) is 0. The van der Waals surface area contributed by atoms with E-state index in [1.54, 1.807) is 0 Å². The third-order valence-electron chi connectivity index (χ3n) is 3.18. The van der Waals surface area contributed by atoms with Gasteiger partial charge in [-0.1, -0.05) is 24.3 Å². The van der Waals surface area contributed by atoms with Crippen LogP contribution in [-0.2, 0) is 16.1 Å². The fourth-order valence-electron chi connectivity index (χ4n) is 2.06. The number of benzene rings is 2. The zero-order valence-corrected chi connectivity index (χ0v) is 13.2. The van der Waals surface area contributed by atoms with E-state index in [4.69, 9.17) is 14.2 Å². The van der Waals surface area contributed by atoms with Gasteiger partial charge in [-0.2, -0.15) is 0 Å². The lowest BCUT2D eigenvalue weighted by Gasteiger charge is -2.17. The number of ether oxygens (including phenoxy) is 3. The molecule has 0 aromatic heterocycles. The number of rotatable bonds is 8. The molecular weight excluding hydrogens is 302 g/mol. The minimum atomic E-state index is -0.587. The summed E-state index contributed by atoms with van der Waals surface area (Å²) in [7, 11) is 0. The van der Waals surface area contributed by atoms with Gasteiger partial charge < -0.3 is 14.2 Å². The van der Waals surface area contributed by atoms with Gasteiger partial charge in [-0.15, -0.1) is 0 Å². The van der Waals surface area contributed by atoms with Crippen molar-refractivity contribution in [3.63, 3.8) is 0 Å². The lowest BCUT2D eigenvalue weighted by molar-refractivity contribution is -0.140. The number of hydrogen-bond acceptors (Lipinski definition) is 3. The van der Waals surface area contributed by atoms with E-state index in [9.17, 15) is 8.78 Å². The molecule has 5 heteroatoms. The Morgan fingerprint density at radius 1 is 0.913 bits per heavy atom. The van der Waals surface area contributed by atoms with Crippen molar-refractivity contribution in [1.82, 2.24) is 0 Å². The fraction of sp³-hybridized carbons (Fsp3) is 0.333. The first-order chi connectivity index (χ1) is 11.1. The maximum atomic E-state index is 13.5. The standard InChI is InChI=1S/C18H20F2O3/c1-3-21-18(22-4-2)14-7-5-13(6-8-14)12-23-17-11-15(19)9-10-16(17)20/h5-11,18H,3-4,12H2,1-2H3. The van der Waals surface area contributed by atoms with Crippen molar-refractivity contribution >= 4 is 0 Å². The maximum absolute atomic E-state index is 13.5. The zero-order chi connectivity index (χ0) is 16.7. The minimum absolute atomic E-state index is 0.101. The molecule has 0 atom stereocenters. The summed E-state index contributed by atoms with van der Waals surface area (Å²) in [5.41, 5.74) is 1.73. The molecule has 0 aliphatic rings. The lowest BCUT2D eigenvalue weighted by atomic mass is 10.1. The summed E-state index contributed by atoms with van der Waals surface area (Å²) in [5.74, 6) is -1.22. The first-order valence-corrected chi connectivity index (χ1v) is 7.54. The van der Waals surface area contributed by atoms with Crippen molar-refractivity contribution < 1.29 is 23.0 Å². The van der Waals surface area contributed by atoms with Gasteiger partial charge in [0.1, 0.15) is 12.4 Å². The van der Waals surface area contributed by atoms with Gasteiger partial charge in [0.25, 0.3) is 0 Å². The average Bonchev–Trinajstić information content (AvgIpc) is 2.56. The van der Waals surface area contributed by atoms with Gasteiger partial charge in [-0.3, -0.25) is 0 Å². The van der Waals surface area contributed by atoms with Crippen molar-refractivity contribution in [2.75, 3.05) is 13.2 Å². The van der Waals surface area contributed by atoms with E-state index in [0.717, 1.165) is 29.3 Å². The molecule has 3 nitrogen and oxygen atoms in total.